The van der Waals surface area contributed by atoms with Gasteiger partial charge in [0.2, 0.25) is 10.0 Å². The normalized spacial score (nSPS) is 14.4. The number of benzene rings is 3. The number of nitrogens with one attached hydrogen (secondary N) is 1. The number of ketones is 1. The Morgan fingerprint density at radius 3 is 2.35 bits per heavy atom. The minimum absolute atomic E-state index is 0.118. The third-order valence-corrected chi connectivity index (χ3v) is 7.36. The van der Waals surface area contributed by atoms with E-state index in [0.29, 0.717) is 22.7 Å². The number of aliphatic carboxylic acids is 1. The quantitative estimate of drug-likeness (QED) is 0.245. The lowest BCUT2D eigenvalue weighted by Gasteiger charge is -2.18. The molecule has 3 N–H and O–H groups in total. The monoisotopic (exact) mass is 567 g/mol. The molecule has 3 aromatic carbocycles. The number of ether oxygens (including phenoxy) is 2. The first kappa shape index (κ1) is 28.9. The molecule has 0 amide bonds. The van der Waals surface area contributed by atoms with Crippen molar-refractivity contribution in [2.75, 3.05) is 11.0 Å². The summed E-state index contributed by atoms with van der Waals surface area (Å²) in [5.41, 5.74) is 2.14. The van der Waals surface area contributed by atoms with Crippen molar-refractivity contribution in [3.8, 4) is 17.2 Å². The minimum Gasteiger partial charge on any atom is -0.507 e. The van der Waals surface area contributed by atoms with E-state index in [4.69, 9.17) is 9.47 Å². The fourth-order valence-electron chi connectivity index (χ4n) is 4.75. The number of carboxylic acids is 1. The highest BCUT2D eigenvalue weighted by molar-refractivity contribution is 7.92. The molecule has 1 fully saturated rings. The number of carbonyl (C=O) groups excluding carboxylic acids is 1. The summed E-state index contributed by atoms with van der Waals surface area (Å²) in [6, 6.07) is 16.1. The largest absolute Gasteiger partial charge is 0.507 e. The van der Waals surface area contributed by atoms with Crippen LogP contribution in [0, 0.1) is 0 Å². The molecule has 1 unspecified atom stereocenters. The first-order valence-electron chi connectivity index (χ1n) is 13.1. The molecule has 3 aromatic rings. The van der Waals surface area contributed by atoms with Crippen molar-refractivity contribution in [3.63, 3.8) is 0 Å². The molecule has 40 heavy (non-hydrogen) atoms. The molecule has 0 aromatic heterocycles. The summed E-state index contributed by atoms with van der Waals surface area (Å²) in [6.07, 6.45) is 5.19. The Balaban J connectivity index is 1.53. The van der Waals surface area contributed by atoms with Crippen molar-refractivity contribution in [1.82, 2.24) is 0 Å². The van der Waals surface area contributed by atoms with Gasteiger partial charge in [0.05, 0.1) is 24.3 Å². The lowest BCUT2D eigenvalue weighted by atomic mass is 9.92. The Morgan fingerprint density at radius 1 is 1.02 bits per heavy atom. The molecule has 9 nitrogen and oxygen atoms in total. The van der Waals surface area contributed by atoms with Crippen molar-refractivity contribution >= 4 is 27.5 Å². The molecule has 0 radical (unpaired) electrons. The van der Waals surface area contributed by atoms with Gasteiger partial charge >= 0.3 is 5.97 Å². The second kappa shape index (κ2) is 12.4. The van der Waals surface area contributed by atoms with Gasteiger partial charge in [-0.15, -0.1) is 0 Å². The number of hydrogen-bond donors (Lipinski definition) is 3. The second-order valence-electron chi connectivity index (χ2n) is 10.1. The van der Waals surface area contributed by atoms with Gasteiger partial charge in [0.15, 0.2) is 5.78 Å². The minimum atomic E-state index is -3.39. The summed E-state index contributed by atoms with van der Waals surface area (Å²) >= 11 is 0. The summed E-state index contributed by atoms with van der Waals surface area (Å²) < 4.78 is 37.1. The third-order valence-electron chi connectivity index (χ3n) is 6.75. The molecule has 1 aliphatic carbocycles. The summed E-state index contributed by atoms with van der Waals surface area (Å²) in [6.45, 7) is 1.88. The number of carboxylic acid groups (broad SMARTS) is 1. The van der Waals surface area contributed by atoms with E-state index < -0.39 is 27.7 Å². The SMILES string of the molecule is CC(CC(=O)O)c1cc(C(=O)c2ccc(OC3CCCC3)cc2O)ccc1OCc1ccc(NS(C)(=O)=O)cc1. The maximum Gasteiger partial charge on any atom is 0.303 e. The van der Waals surface area contributed by atoms with Crippen LogP contribution in [0.3, 0.4) is 0 Å². The predicted molar refractivity (Wildman–Crippen MR) is 151 cm³/mol. The van der Waals surface area contributed by atoms with Crippen LogP contribution < -0.4 is 14.2 Å². The number of rotatable bonds is 12. The van der Waals surface area contributed by atoms with Crippen LogP contribution in [0.2, 0.25) is 0 Å². The number of sulfonamides is 1. The maximum absolute atomic E-state index is 13.3. The molecule has 1 saturated carbocycles. The molecule has 0 saturated heterocycles. The molecule has 0 aliphatic heterocycles. The summed E-state index contributed by atoms with van der Waals surface area (Å²) in [5.74, 6) is -1.10. The van der Waals surface area contributed by atoms with E-state index in [0.717, 1.165) is 37.5 Å². The Kier molecular flexibility index (Phi) is 8.99. The zero-order valence-corrected chi connectivity index (χ0v) is 23.2. The predicted octanol–water partition coefficient (Wildman–Crippen LogP) is 5.47. The molecular formula is C30H33NO8S. The van der Waals surface area contributed by atoms with Crippen LogP contribution in [0.25, 0.3) is 0 Å². The van der Waals surface area contributed by atoms with Crippen molar-refractivity contribution in [1.29, 1.82) is 0 Å². The van der Waals surface area contributed by atoms with Crippen LogP contribution in [0.5, 0.6) is 17.2 Å². The summed E-state index contributed by atoms with van der Waals surface area (Å²) in [4.78, 5) is 24.8. The smallest absolute Gasteiger partial charge is 0.303 e. The van der Waals surface area contributed by atoms with Gasteiger partial charge in [0.1, 0.15) is 23.9 Å². The van der Waals surface area contributed by atoms with Gasteiger partial charge in [-0.3, -0.25) is 14.3 Å². The van der Waals surface area contributed by atoms with Gasteiger partial charge < -0.3 is 19.7 Å². The lowest BCUT2D eigenvalue weighted by Crippen LogP contribution is -2.11. The molecular weight excluding hydrogens is 534 g/mol. The van der Waals surface area contributed by atoms with Gasteiger partial charge in [0.25, 0.3) is 0 Å². The lowest BCUT2D eigenvalue weighted by molar-refractivity contribution is -0.137. The number of carbonyl (C=O) groups is 2. The number of anilines is 1. The topological polar surface area (TPSA) is 139 Å². The van der Waals surface area contributed by atoms with Gasteiger partial charge in [-0.25, -0.2) is 8.42 Å². The maximum atomic E-state index is 13.3. The third kappa shape index (κ3) is 7.75. The van der Waals surface area contributed by atoms with E-state index in [1.807, 2.05) is 0 Å². The van der Waals surface area contributed by atoms with Crippen molar-refractivity contribution in [2.24, 2.45) is 0 Å². The molecule has 0 spiro atoms. The first-order chi connectivity index (χ1) is 19.0. The Bertz CT molecular complexity index is 1480. The van der Waals surface area contributed by atoms with Crippen molar-refractivity contribution in [3.05, 3.63) is 82.9 Å². The van der Waals surface area contributed by atoms with E-state index in [9.17, 15) is 28.2 Å². The zero-order valence-electron chi connectivity index (χ0n) is 22.4. The van der Waals surface area contributed by atoms with Gasteiger partial charge in [-0.05, 0) is 85.2 Å². The van der Waals surface area contributed by atoms with Crippen LogP contribution in [0.15, 0.2) is 60.7 Å². The Hall–Kier alpha value is -4.05. The molecule has 10 heteroatoms. The van der Waals surface area contributed by atoms with Crippen LogP contribution in [0.1, 0.15) is 72.0 Å². The Morgan fingerprint density at radius 2 is 1.73 bits per heavy atom. The fraction of sp³-hybridized carbons (Fsp3) is 0.333. The van der Waals surface area contributed by atoms with E-state index in [1.54, 1.807) is 55.5 Å². The number of phenolic OH excluding ortho intramolecular Hbond substituents is 1. The van der Waals surface area contributed by atoms with E-state index >= 15 is 0 Å². The average Bonchev–Trinajstić information content (AvgIpc) is 3.40. The number of hydrogen-bond acceptors (Lipinski definition) is 7. The van der Waals surface area contributed by atoms with E-state index in [1.165, 1.54) is 12.1 Å². The number of aromatic hydroxyl groups is 1. The zero-order chi connectivity index (χ0) is 28.9. The standard InChI is InChI=1S/C30H33NO8S/c1-19(15-29(33)34)26-16-21(30(35)25-13-12-24(17-27(25)32)39-23-5-3-4-6-23)9-14-28(26)38-18-20-7-10-22(11-8-20)31-40(2,36)37/h7-14,16-17,19,23,31-32H,3-6,15,18H2,1-2H3,(H,33,34). The van der Waals surface area contributed by atoms with Crippen LogP contribution in [-0.2, 0) is 21.4 Å². The molecule has 0 heterocycles. The highest BCUT2D eigenvalue weighted by Crippen LogP contribution is 2.34. The van der Waals surface area contributed by atoms with Gasteiger partial charge in [-0.1, -0.05) is 19.1 Å². The molecule has 4 rings (SSSR count). The van der Waals surface area contributed by atoms with Gasteiger partial charge in [0, 0.05) is 17.3 Å². The Labute approximate surface area is 233 Å². The highest BCUT2D eigenvalue weighted by atomic mass is 32.2. The van der Waals surface area contributed by atoms with E-state index in [2.05, 4.69) is 4.72 Å². The van der Waals surface area contributed by atoms with Crippen LogP contribution in [0.4, 0.5) is 5.69 Å². The van der Waals surface area contributed by atoms with Gasteiger partial charge in [-0.2, -0.15) is 0 Å². The first-order valence-corrected chi connectivity index (χ1v) is 15.0. The molecule has 212 valence electrons. The van der Waals surface area contributed by atoms with Crippen LogP contribution >= 0.6 is 0 Å². The molecule has 0 bridgehead atoms. The molecule has 1 aliphatic rings. The van der Waals surface area contributed by atoms with Crippen LogP contribution in [-0.4, -0.2) is 42.7 Å². The average molecular weight is 568 g/mol. The summed E-state index contributed by atoms with van der Waals surface area (Å²) in [7, 11) is -3.39. The van der Waals surface area contributed by atoms with Crippen molar-refractivity contribution in [2.45, 2.75) is 57.7 Å². The highest BCUT2D eigenvalue weighted by Gasteiger charge is 2.22. The van der Waals surface area contributed by atoms with E-state index in [-0.39, 0.29) is 36.0 Å². The number of phenols is 1. The fourth-order valence-corrected chi connectivity index (χ4v) is 5.32. The second-order valence-corrected chi connectivity index (χ2v) is 11.9. The summed E-state index contributed by atoms with van der Waals surface area (Å²) in [5, 5.41) is 20.0. The molecule has 1 atom stereocenters. The van der Waals surface area contributed by atoms with Crippen molar-refractivity contribution < 1.29 is 37.7 Å².